The first-order chi connectivity index (χ1) is 8.33. The number of nitrogens with one attached hydrogen (secondary N) is 2. The summed E-state index contributed by atoms with van der Waals surface area (Å²) in [5.41, 5.74) is 3.50. The van der Waals surface area contributed by atoms with Crippen molar-refractivity contribution in [2.45, 2.75) is 32.0 Å². The van der Waals surface area contributed by atoms with Gasteiger partial charge in [-0.2, -0.15) is 0 Å². The number of piperidine rings is 1. The molecule has 3 heterocycles. The predicted octanol–water partition coefficient (Wildman–Crippen LogP) is -0.170. The average Bonchev–Trinajstić information content (AvgIpc) is 2.98. The Morgan fingerprint density at radius 1 is 1.41 bits per heavy atom. The normalized spacial score (nSPS) is 25.7. The Hall–Kier alpha value is -1.47. The molecule has 0 spiro atoms. The monoisotopic (exact) mass is 236 g/mol. The van der Waals surface area contributed by atoms with Crippen LogP contribution in [0, 0.1) is 0 Å². The van der Waals surface area contributed by atoms with E-state index in [1.807, 2.05) is 17.8 Å². The lowest BCUT2D eigenvalue weighted by molar-refractivity contribution is 0.0503. The van der Waals surface area contributed by atoms with Crippen LogP contribution in [0.25, 0.3) is 0 Å². The number of aliphatic imine (C=N–C) groups is 1. The van der Waals surface area contributed by atoms with Gasteiger partial charge in [0.15, 0.2) is 12.1 Å². The fourth-order valence-electron chi connectivity index (χ4n) is 2.13. The molecule has 1 aromatic heterocycles. The Bertz CT molecular complexity index is 422. The molecule has 2 N–H and O–H groups in total. The highest BCUT2D eigenvalue weighted by atomic mass is 16.7. The number of hydrogen-bond donors (Lipinski definition) is 2. The molecular formula is C10H16N6O. The van der Waals surface area contributed by atoms with Gasteiger partial charge in [0, 0.05) is 0 Å². The minimum Gasteiger partial charge on any atom is -0.317 e. The lowest BCUT2D eigenvalue weighted by atomic mass is 10.1. The molecule has 0 bridgehead atoms. The molecule has 0 aromatic carbocycles. The second kappa shape index (κ2) is 4.42. The van der Waals surface area contributed by atoms with E-state index in [0.717, 1.165) is 31.6 Å². The maximum Gasteiger partial charge on any atom is 0.177 e. The van der Waals surface area contributed by atoms with Crippen molar-refractivity contribution in [3.05, 3.63) is 11.9 Å². The standard InChI is InChI=1S/C10H16N6O/c1-7-12-10(14-17-7)9-6-16(15-13-9)8-2-4-11-5-3-8/h6-8,11H,2-5H2,1H3,(H,12,14). The van der Waals surface area contributed by atoms with Crippen molar-refractivity contribution < 1.29 is 4.84 Å². The maximum absolute atomic E-state index is 5.13. The van der Waals surface area contributed by atoms with Crippen molar-refractivity contribution in [1.29, 1.82) is 0 Å². The van der Waals surface area contributed by atoms with E-state index in [-0.39, 0.29) is 6.23 Å². The Morgan fingerprint density at radius 3 is 2.94 bits per heavy atom. The van der Waals surface area contributed by atoms with Gasteiger partial charge in [0.1, 0.15) is 5.69 Å². The van der Waals surface area contributed by atoms with Gasteiger partial charge in [0.25, 0.3) is 0 Å². The van der Waals surface area contributed by atoms with E-state index in [2.05, 4.69) is 26.1 Å². The predicted molar refractivity (Wildman–Crippen MR) is 61.4 cm³/mol. The van der Waals surface area contributed by atoms with Crippen LogP contribution >= 0.6 is 0 Å². The molecule has 0 aliphatic carbocycles. The molecular weight excluding hydrogens is 220 g/mol. The fraction of sp³-hybridized carbons (Fsp3) is 0.700. The van der Waals surface area contributed by atoms with Gasteiger partial charge >= 0.3 is 0 Å². The van der Waals surface area contributed by atoms with Gasteiger partial charge in [-0.15, -0.1) is 5.10 Å². The third-order valence-corrected chi connectivity index (χ3v) is 3.07. The van der Waals surface area contributed by atoms with Crippen molar-refractivity contribution >= 4 is 5.84 Å². The van der Waals surface area contributed by atoms with Crippen LogP contribution in [0.15, 0.2) is 11.2 Å². The topological polar surface area (TPSA) is 76.4 Å². The van der Waals surface area contributed by atoms with E-state index in [1.165, 1.54) is 0 Å². The summed E-state index contributed by atoms with van der Waals surface area (Å²) in [6, 6.07) is 0.442. The molecule has 1 aromatic rings. The Balaban J connectivity index is 1.76. The number of amidine groups is 1. The van der Waals surface area contributed by atoms with E-state index < -0.39 is 0 Å². The molecule has 7 heteroatoms. The van der Waals surface area contributed by atoms with Crippen molar-refractivity contribution in [1.82, 2.24) is 25.8 Å². The van der Waals surface area contributed by atoms with Crippen LogP contribution in [0.1, 0.15) is 31.5 Å². The summed E-state index contributed by atoms with van der Waals surface area (Å²) >= 11 is 0. The third-order valence-electron chi connectivity index (χ3n) is 3.07. The molecule has 0 amide bonds. The van der Waals surface area contributed by atoms with Gasteiger partial charge < -0.3 is 5.32 Å². The molecule has 7 nitrogen and oxygen atoms in total. The van der Waals surface area contributed by atoms with E-state index >= 15 is 0 Å². The first-order valence-corrected chi connectivity index (χ1v) is 5.95. The van der Waals surface area contributed by atoms with E-state index in [4.69, 9.17) is 4.84 Å². The molecule has 1 saturated heterocycles. The number of rotatable bonds is 2. The van der Waals surface area contributed by atoms with Crippen LogP contribution in [0.5, 0.6) is 0 Å². The van der Waals surface area contributed by atoms with Crippen molar-refractivity contribution in [3.63, 3.8) is 0 Å². The molecule has 92 valence electrons. The van der Waals surface area contributed by atoms with Crippen molar-refractivity contribution in [3.8, 4) is 0 Å². The zero-order chi connectivity index (χ0) is 11.7. The van der Waals surface area contributed by atoms with Crippen molar-refractivity contribution in [2.75, 3.05) is 13.1 Å². The van der Waals surface area contributed by atoms with Crippen LogP contribution < -0.4 is 10.8 Å². The summed E-state index contributed by atoms with van der Waals surface area (Å²) in [7, 11) is 0. The second-order valence-corrected chi connectivity index (χ2v) is 4.36. The third kappa shape index (κ3) is 2.16. The molecule has 17 heavy (non-hydrogen) atoms. The molecule has 0 radical (unpaired) electrons. The maximum atomic E-state index is 5.13. The second-order valence-electron chi connectivity index (χ2n) is 4.36. The summed E-state index contributed by atoms with van der Waals surface area (Å²) in [5, 5.41) is 11.6. The summed E-state index contributed by atoms with van der Waals surface area (Å²) in [4.78, 5) is 9.41. The van der Waals surface area contributed by atoms with Crippen LogP contribution in [0.2, 0.25) is 0 Å². The van der Waals surface area contributed by atoms with Gasteiger partial charge in [-0.25, -0.2) is 20.0 Å². The molecule has 1 fully saturated rings. The number of hydroxylamine groups is 1. The molecule has 0 saturated carbocycles. The summed E-state index contributed by atoms with van der Waals surface area (Å²) in [6.45, 7) is 3.95. The zero-order valence-electron chi connectivity index (χ0n) is 9.76. The fourth-order valence-corrected chi connectivity index (χ4v) is 2.13. The summed E-state index contributed by atoms with van der Waals surface area (Å²) in [5.74, 6) is 0.665. The average molecular weight is 236 g/mol. The quantitative estimate of drug-likeness (QED) is 0.745. The molecule has 3 rings (SSSR count). The smallest absolute Gasteiger partial charge is 0.177 e. The minimum atomic E-state index is -0.158. The van der Waals surface area contributed by atoms with Crippen molar-refractivity contribution in [2.24, 2.45) is 4.99 Å². The number of nitrogens with zero attached hydrogens (tertiary/aromatic N) is 4. The highest BCUT2D eigenvalue weighted by Crippen LogP contribution is 2.17. The van der Waals surface area contributed by atoms with Gasteiger partial charge in [-0.3, -0.25) is 0 Å². The number of aromatic nitrogens is 3. The SMILES string of the molecule is CC1N=C(c2cn(C3CCNCC3)nn2)NO1. The van der Waals surface area contributed by atoms with E-state index in [1.54, 1.807) is 0 Å². The highest BCUT2D eigenvalue weighted by Gasteiger charge is 2.20. The molecule has 1 atom stereocenters. The first kappa shape index (κ1) is 10.7. The van der Waals surface area contributed by atoms with Gasteiger partial charge in [0.05, 0.1) is 12.2 Å². The summed E-state index contributed by atoms with van der Waals surface area (Å²) < 4.78 is 1.93. The van der Waals surface area contributed by atoms with Crippen LogP contribution in [0.3, 0.4) is 0 Å². The Morgan fingerprint density at radius 2 is 2.24 bits per heavy atom. The van der Waals surface area contributed by atoms with Gasteiger partial charge in [0.2, 0.25) is 0 Å². The zero-order valence-corrected chi connectivity index (χ0v) is 9.76. The lowest BCUT2D eigenvalue weighted by Gasteiger charge is -2.22. The van der Waals surface area contributed by atoms with Crippen LogP contribution in [-0.4, -0.2) is 40.1 Å². The van der Waals surface area contributed by atoms with Crippen LogP contribution in [-0.2, 0) is 4.84 Å². The Labute approximate surface area is 99.2 Å². The molecule has 1 unspecified atom stereocenters. The highest BCUT2D eigenvalue weighted by molar-refractivity contribution is 5.96. The first-order valence-electron chi connectivity index (χ1n) is 5.95. The largest absolute Gasteiger partial charge is 0.317 e. The molecule has 2 aliphatic heterocycles. The van der Waals surface area contributed by atoms with Crippen LogP contribution in [0.4, 0.5) is 0 Å². The van der Waals surface area contributed by atoms with E-state index in [9.17, 15) is 0 Å². The Kier molecular flexibility index (Phi) is 2.77. The lowest BCUT2D eigenvalue weighted by Crippen LogP contribution is -2.29. The number of hydrogen-bond acceptors (Lipinski definition) is 6. The minimum absolute atomic E-state index is 0.158. The van der Waals surface area contributed by atoms with Gasteiger partial charge in [-0.05, 0) is 32.9 Å². The summed E-state index contributed by atoms with van der Waals surface area (Å²) in [6.07, 6.45) is 3.96. The van der Waals surface area contributed by atoms with Gasteiger partial charge in [-0.1, -0.05) is 5.21 Å². The molecule has 2 aliphatic rings. The van der Waals surface area contributed by atoms with E-state index in [0.29, 0.717) is 11.9 Å².